The van der Waals surface area contributed by atoms with Crippen LogP contribution in [0.5, 0.6) is 0 Å². The Morgan fingerprint density at radius 1 is 0.951 bits per heavy atom. The van der Waals surface area contributed by atoms with E-state index < -0.39 is 53.9 Å². The normalized spacial score (nSPS) is 19.4. The summed E-state index contributed by atoms with van der Waals surface area (Å²) in [5.74, 6) is -2.72. The zero-order valence-corrected chi connectivity index (χ0v) is 26.1. The zero-order chi connectivity index (χ0) is 31.1. The number of nitrogens with zero attached hydrogens (tertiary/aromatic N) is 1. The number of amides is 4. The second kappa shape index (κ2) is 18.9. The molecule has 236 valence electrons. The first-order valence-corrected chi connectivity index (χ1v) is 16.2. The van der Waals surface area contributed by atoms with Crippen LogP contribution in [-0.4, -0.2) is 94.9 Å². The number of rotatable bonds is 19. The number of hydrogen-bond acceptors (Lipinski definition) is 8. The summed E-state index contributed by atoms with van der Waals surface area (Å²) in [6.45, 7) is 8.38. The first-order valence-electron chi connectivity index (χ1n) is 14.8. The summed E-state index contributed by atoms with van der Waals surface area (Å²) in [5, 5.41) is 17.7. The Labute approximate surface area is 248 Å². The summed E-state index contributed by atoms with van der Waals surface area (Å²) in [6.07, 6.45) is 6.03. The fraction of sp³-hybridized carbons (Fsp3) is 0.821. The summed E-state index contributed by atoms with van der Waals surface area (Å²) in [6, 6.07) is -4.45. The largest absolute Gasteiger partial charge is 0.480 e. The van der Waals surface area contributed by atoms with Gasteiger partial charge in [0.15, 0.2) is 0 Å². The van der Waals surface area contributed by atoms with Crippen LogP contribution in [-0.2, 0) is 24.0 Å². The number of nitrogens with one attached hydrogen (secondary N) is 3. The van der Waals surface area contributed by atoms with Crippen LogP contribution in [0.2, 0.25) is 0 Å². The van der Waals surface area contributed by atoms with Crippen LogP contribution >= 0.6 is 11.8 Å². The van der Waals surface area contributed by atoms with Gasteiger partial charge in [0.2, 0.25) is 23.6 Å². The van der Waals surface area contributed by atoms with Crippen LogP contribution < -0.4 is 27.4 Å². The van der Waals surface area contributed by atoms with Crippen molar-refractivity contribution in [3.8, 4) is 0 Å². The third-order valence-corrected chi connectivity index (χ3v) is 8.62. The molecule has 0 aromatic rings. The van der Waals surface area contributed by atoms with Gasteiger partial charge in [0, 0.05) is 6.54 Å². The van der Waals surface area contributed by atoms with Crippen molar-refractivity contribution in [2.24, 2.45) is 23.3 Å². The number of carboxylic acid groups (broad SMARTS) is 1. The first kappa shape index (κ1) is 36.6. The van der Waals surface area contributed by atoms with Gasteiger partial charge < -0.3 is 37.4 Å². The minimum Gasteiger partial charge on any atom is -0.480 e. The van der Waals surface area contributed by atoms with Crippen LogP contribution in [0.25, 0.3) is 0 Å². The molecular formula is C28H52N6O6S. The molecule has 0 aromatic heterocycles. The molecule has 12 nitrogen and oxygen atoms in total. The third kappa shape index (κ3) is 11.4. The molecule has 1 fully saturated rings. The zero-order valence-electron chi connectivity index (χ0n) is 25.3. The van der Waals surface area contributed by atoms with Crippen molar-refractivity contribution in [3.05, 3.63) is 0 Å². The number of carboxylic acids is 1. The topological polar surface area (TPSA) is 197 Å². The molecule has 0 aliphatic carbocycles. The van der Waals surface area contributed by atoms with E-state index in [-0.39, 0.29) is 24.2 Å². The molecule has 4 amide bonds. The lowest BCUT2D eigenvalue weighted by atomic mass is 9.97. The average molecular weight is 601 g/mol. The smallest absolute Gasteiger partial charge is 0.326 e. The molecule has 41 heavy (non-hydrogen) atoms. The molecule has 0 aromatic carbocycles. The number of carbonyl (C=O) groups is 5. The van der Waals surface area contributed by atoms with Crippen LogP contribution in [0.1, 0.15) is 79.1 Å². The number of likely N-dealkylation sites (tertiary alicyclic amines) is 1. The molecule has 0 spiro atoms. The van der Waals surface area contributed by atoms with E-state index in [1.54, 1.807) is 6.92 Å². The van der Waals surface area contributed by atoms with Crippen molar-refractivity contribution in [1.82, 2.24) is 20.9 Å². The maximum Gasteiger partial charge on any atom is 0.326 e. The number of carbonyl (C=O) groups excluding carboxylic acids is 4. The Morgan fingerprint density at radius 2 is 1.61 bits per heavy atom. The van der Waals surface area contributed by atoms with Crippen molar-refractivity contribution in [2.45, 2.75) is 109 Å². The lowest BCUT2D eigenvalue weighted by Crippen LogP contribution is -2.59. The molecular weight excluding hydrogens is 548 g/mol. The second-order valence-corrected chi connectivity index (χ2v) is 12.0. The highest BCUT2D eigenvalue weighted by Gasteiger charge is 2.39. The van der Waals surface area contributed by atoms with E-state index in [4.69, 9.17) is 11.5 Å². The Kier molecular flexibility index (Phi) is 16.9. The van der Waals surface area contributed by atoms with Gasteiger partial charge in [-0.15, -0.1) is 0 Å². The van der Waals surface area contributed by atoms with Gasteiger partial charge in [-0.3, -0.25) is 19.2 Å². The molecule has 0 bridgehead atoms. The molecule has 1 aliphatic rings. The molecule has 1 rings (SSSR count). The molecule has 0 unspecified atom stereocenters. The van der Waals surface area contributed by atoms with E-state index in [1.807, 2.05) is 27.0 Å². The lowest BCUT2D eigenvalue weighted by Gasteiger charge is -2.31. The molecule has 1 heterocycles. The quantitative estimate of drug-likeness (QED) is 0.116. The fourth-order valence-corrected chi connectivity index (χ4v) is 5.20. The molecule has 1 saturated heterocycles. The van der Waals surface area contributed by atoms with Crippen LogP contribution in [0, 0.1) is 11.8 Å². The lowest BCUT2D eigenvalue weighted by molar-refractivity contribution is -0.143. The van der Waals surface area contributed by atoms with Crippen molar-refractivity contribution >= 4 is 41.4 Å². The summed E-state index contributed by atoms with van der Waals surface area (Å²) in [7, 11) is 0. The predicted molar refractivity (Wildman–Crippen MR) is 161 cm³/mol. The van der Waals surface area contributed by atoms with Crippen molar-refractivity contribution < 1.29 is 29.1 Å². The maximum absolute atomic E-state index is 13.5. The van der Waals surface area contributed by atoms with E-state index in [2.05, 4.69) is 16.0 Å². The van der Waals surface area contributed by atoms with Crippen molar-refractivity contribution in [3.63, 3.8) is 0 Å². The van der Waals surface area contributed by atoms with Gasteiger partial charge in [0.05, 0.1) is 6.04 Å². The predicted octanol–water partition coefficient (Wildman–Crippen LogP) is 0.818. The SMILES string of the molecule is CC[C@H](C)[C@H](N)C(=O)N1CCC[C@H]1C(=O)N[C@@H](CCSC)C(=O)N[C@H](C(=O)N[C@@H](CCCCN)C(=O)O)[C@@H](C)CC. The first-order chi connectivity index (χ1) is 19.4. The molecule has 1 aliphatic heterocycles. The monoisotopic (exact) mass is 600 g/mol. The van der Waals surface area contributed by atoms with Gasteiger partial charge in [-0.1, -0.05) is 40.5 Å². The Morgan fingerprint density at radius 3 is 2.17 bits per heavy atom. The Hall–Kier alpha value is -2.38. The standard InChI is InChI=1S/C28H52N6O6S/c1-6-17(3)22(30)27(38)34-15-10-12-21(34)25(36)31-19(13-16-41-5)24(35)33-23(18(4)7-2)26(37)32-20(28(39)40)11-8-9-14-29/h17-23H,6-16,29-30H2,1-5H3,(H,31,36)(H,32,37)(H,33,35)(H,39,40)/t17-,18-,19-,20-,21-,22-,23-/m0/s1. The van der Waals surface area contributed by atoms with Crippen LogP contribution in [0.4, 0.5) is 0 Å². The van der Waals surface area contributed by atoms with E-state index in [1.165, 1.54) is 16.7 Å². The van der Waals surface area contributed by atoms with E-state index in [0.29, 0.717) is 57.4 Å². The van der Waals surface area contributed by atoms with Crippen molar-refractivity contribution in [1.29, 1.82) is 0 Å². The van der Waals surface area contributed by atoms with E-state index in [9.17, 15) is 29.1 Å². The third-order valence-electron chi connectivity index (χ3n) is 7.98. The minimum atomic E-state index is -1.15. The summed E-state index contributed by atoms with van der Waals surface area (Å²) >= 11 is 1.51. The van der Waals surface area contributed by atoms with Gasteiger partial charge in [-0.2, -0.15) is 11.8 Å². The number of thioether (sulfide) groups is 1. The Balaban J connectivity index is 3.04. The number of unbranched alkanes of at least 4 members (excludes halogenated alkanes) is 1. The highest BCUT2D eigenvalue weighted by molar-refractivity contribution is 7.98. The van der Waals surface area contributed by atoms with Gasteiger partial charge in [0.1, 0.15) is 24.2 Å². The second-order valence-electron chi connectivity index (χ2n) is 11.0. The molecule has 13 heteroatoms. The van der Waals surface area contributed by atoms with Gasteiger partial charge in [-0.05, 0) is 68.9 Å². The van der Waals surface area contributed by atoms with E-state index in [0.717, 1.165) is 6.42 Å². The van der Waals surface area contributed by atoms with Gasteiger partial charge in [-0.25, -0.2) is 4.79 Å². The number of hydrogen-bond donors (Lipinski definition) is 6. The van der Waals surface area contributed by atoms with Gasteiger partial charge in [0.25, 0.3) is 0 Å². The number of nitrogens with two attached hydrogens (primary N) is 2. The van der Waals surface area contributed by atoms with Crippen molar-refractivity contribution in [2.75, 3.05) is 25.1 Å². The van der Waals surface area contributed by atoms with Gasteiger partial charge >= 0.3 is 5.97 Å². The molecule has 0 radical (unpaired) electrons. The summed E-state index contributed by atoms with van der Waals surface area (Å²) in [4.78, 5) is 66.3. The maximum atomic E-state index is 13.5. The summed E-state index contributed by atoms with van der Waals surface area (Å²) in [5.41, 5.74) is 11.7. The number of aliphatic carboxylic acids is 1. The average Bonchev–Trinajstić information content (AvgIpc) is 3.45. The molecule has 7 atom stereocenters. The van der Waals surface area contributed by atoms with Crippen LogP contribution in [0.3, 0.4) is 0 Å². The Bertz CT molecular complexity index is 877. The minimum absolute atomic E-state index is 0.0306. The molecule has 0 saturated carbocycles. The molecule has 8 N–H and O–H groups in total. The highest BCUT2D eigenvalue weighted by Crippen LogP contribution is 2.21. The van der Waals surface area contributed by atoms with Crippen LogP contribution in [0.15, 0.2) is 0 Å². The fourth-order valence-electron chi connectivity index (χ4n) is 4.73. The highest BCUT2D eigenvalue weighted by atomic mass is 32.2. The summed E-state index contributed by atoms with van der Waals surface area (Å²) < 4.78 is 0. The van der Waals surface area contributed by atoms with E-state index >= 15 is 0 Å².